The van der Waals surface area contributed by atoms with Crippen molar-refractivity contribution < 1.29 is 8.42 Å². The second-order valence-corrected chi connectivity index (χ2v) is 5.93. The molecule has 0 saturated heterocycles. The fourth-order valence-electron chi connectivity index (χ4n) is 1.73. The minimum atomic E-state index is -3.30. The number of hydrogen-bond donors (Lipinski definition) is 1. The first-order chi connectivity index (χ1) is 7.40. The quantitative estimate of drug-likeness (QED) is 0.857. The molecule has 0 radical (unpaired) electrons. The molecule has 1 aromatic carbocycles. The fraction of sp³-hybridized carbons (Fsp3) is 0.455. The van der Waals surface area contributed by atoms with E-state index in [0.29, 0.717) is 0 Å². The molecule has 5 heteroatoms. The van der Waals surface area contributed by atoms with E-state index in [9.17, 15) is 8.42 Å². The van der Waals surface area contributed by atoms with Crippen LogP contribution in [0.15, 0.2) is 18.2 Å². The van der Waals surface area contributed by atoms with E-state index in [1.165, 1.54) is 4.31 Å². The van der Waals surface area contributed by atoms with Crippen LogP contribution in [0.3, 0.4) is 0 Å². The maximum atomic E-state index is 11.9. The zero-order chi connectivity index (χ0) is 12.3. The lowest BCUT2D eigenvalue weighted by atomic mass is 10.1. The lowest BCUT2D eigenvalue weighted by molar-refractivity contribution is 0.594. The van der Waals surface area contributed by atoms with Crippen molar-refractivity contribution in [3.8, 4) is 0 Å². The minimum Gasteiger partial charge on any atom is -0.329 e. The zero-order valence-electron chi connectivity index (χ0n) is 9.90. The Morgan fingerprint density at radius 2 is 1.75 bits per heavy atom. The summed E-state index contributed by atoms with van der Waals surface area (Å²) in [5, 5.41) is 0. The molecule has 0 heterocycles. The number of nitrogens with zero attached hydrogens (tertiary/aromatic N) is 1. The molecule has 0 aliphatic carbocycles. The number of para-hydroxylation sites is 1. The molecule has 4 nitrogen and oxygen atoms in total. The standard InChI is InChI=1S/C11H18N2O2S/c1-9-5-4-6-10(2)11(9)13(3)16(14,15)8-7-12/h4-6H,7-8,12H2,1-3H3. The van der Waals surface area contributed by atoms with Crippen LogP contribution in [0.4, 0.5) is 5.69 Å². The van der Waals surface area contributed by atoms with E-state index >= 15 is 0 Å². The van der Waals surface area contributed by atoms with E-state index < -0.39 is 10.0 Å². The lowest BCUT2D eigenvalue weighted by Crippen LogP contribution is -2.32. The number of hydrogen-bond acceptors (Lipinski definition) is 3. The fourth-order valence-corrected chi connectivity index (χ4v) is 2.87. The summed E-state index contributed by atoms with van der Waals surface area (Å²) in [6.07, 6.45) is 0. The number of benzene rings is 1. The molecule has 0 fully saturated rings. The molecule has 0 saturated carbocycles. The van der Waals surface area contributed by atoms with Crippen molar-refractivity contribution in [1.82, 2.24) is 0 Å². The van der Waals surface area contributed by atoms with E-state index in [2.05, 4.69) is 0 Å². The van der Waals surface area contributed by atoms with Gasteiger partial charge in [0.05, 0.1) is 11.4 Å². The number of rotatable bonds is 4. The molecular weight excluding hydrogens is 224 g/mol. The number of nitrogens with two attached hydrogens (primary N) is 1. The van der Waals surface area contributed by atoms with Crippen LogP contribution in [-0.2, 0) is 10.0 Å². The Bertz CT molecular complexity index is 449. The van der Waals surface area contributed by atoms with Crippen LogP contribution in [0.25, 0.3) is 0 Å². The maximum Gasteiger partial charge on any atom is 0.236 e. The second kappa shape index (κ2) is 4.84. The highest BCUT2D eigenvalue weighted by atomic mass is 32.2. The second-order valence-electron chi connectivity index (χ2n) is 3.81. The van der Waals surface area contributed by atoms with Gasteiger partial charge < -0.3 is 5.73 Å². The van der Waals surface area contributed by atoms with Crippen molar-refractivity contribution in [2.45, 2.75) is 13.8 Å². The summed E-state index contributed by atoms with van der Waals surface area (Å²) in [5.74, 6) is -0.0305. The largest absolute Gasteiger partial charge is 0.329 e. The van der Waals surface area contributed by atoms with Crippen molar-refractivity contribution in [3.05, 3.63) is 29.3 Å². The van der Waals surface area contributed by atoms with Gasteiger partial charge in [-0.05, 0) is 25.0 Å². The molecule has 0 atom stereocenters. The van der Waals surface area contributed by atoms with E-state index in [4.69, 9.17) is 5.73 Å². The van der Waals surface area contributed by atoms with Crippen LogP contribution >= 0.6 is 0 Å². The number of anilines is 1. The summed E-state index contributed by atoms with van der Waals surface area (Å²) in [6.45, 7) is 3.94. The molecule has 0 spiro atoms. The van der Waals surface area contributed by atoms with Crippen molar-refractivity contribution >= 4 is 15.7 Å². The molecule has 0 amide bonds. The van der Waals surface area contributed by atoms with Gasteiger partial charge in [-0.3, -0.25) is 4.31 Å². The highest BCUT2D eigenvalue weighted by Crippen LogP contribution is 2.25. The third-order valence-electron chi connectivity index (χ3n) is 2.55. The SMILES string of the molecule is Cc1cccc(C)c1N(C)S(=O)(=O)CCN. The Morgan fingerprint density at radius 1 is 1.25 bits per heavy atom. The van der Waals surface area contributed by atoms with Gasteiger partial charge in [0.2, 0.25) is 10.0 Å². The highest BCUT2D eigenvalue weighted by molar-refractivity contribution is 7.92. The van der Waals surface area contributed by atoms with Gasteiger partial charge >= 0.3 is 0 Å². The zero-order valence-corrected chi connectivity index (χ0v) is 10.7. The van der Waals surface area contributed by atoms with Crippen LogP contribution in [0, 0.1) is 13.8 Å². The van der Waals surface area contributed by atoms with Crippen molar-refractivity contribution in [2.75, 3.05) is 23.7 Å². The molecular formula is C11H18N2O2S. The number of aryl methyl sites for hydroxylation is 2. The molecule has 2 N–H and O–H groups in total. The van der Waals surface area contributed by atoms with Crippen LogP contribution in [0.5, 0.6) is 0 Å². The molecule has 0 unspecified atom stereocenters. The molecule has 0 aliphatic heterocycles. The summed E-state index contributed by atoms with van der Waals surface area (Å²) in [7, 11) is -1.73. The van der Waals surface area contributed by atoms with Crippen LogP contribution < -0.4 is 10.0 Å². The van der Waals surface area contributed by atoms with Gasteiger partial charge in [0.1, 0.15) is 0 Å². The Balaban J connectivity index is 3.20. The van der Waals surface area contributed by atoms with E-state index in [0.717, 1.165) is 16.8 Å². The predicted octanol–water partition coefficient (Wildman–Crippen LogP) is 1.03. The van der Waals surface area contributed by atoms with Gasteiger partial charge in [0, 0.05) is 13.6 Å². The highest BCUT2D eigenvalue weighted by Gasteiger charge is 2.20. The van der Waals surface area contributed by atoms with E-state index in [-0.39, 0.29) is 12.3 Å². The van der Waals surface area contributed by atoms with Crippen molar-refractivity contribution in [1.29, 1.82) is 0 Å². The molecule has 1 aromatic rings. The molecule has 0 aliphatic rings. The Morgan fingerprint density at radius 3 is 2.19 bits per heavy atom. The van der Waals surface area contributed by atoms with Crippen LogP contribution in [-0.4, -0.2) is 27.8 Å². The first kappa shape index (κ1) is 13.0. The summed E-state index contributed by atoms with van der Waals surface area (Å²) in [4.78, 5) is 0. The van der Waals surface area contributed by atoms with Gasteiger partial charge in [-0.25, -0.2) is 8.42 Å². The van der Waals surface area contributed by atoms with E-state index in [1.54, 1.807) is 7.05 Å². The van der Waals surface area contributed by atoms with Crippen LogP contribution in [0.2, 0.25) is 0 Å². The van der Waals surface area contributed by atoms with Crippen molar-refractivity contribution in [3.63, 3.8) is 0 Å². The molecule has 90 valence electrons. The Hall–Kier alpha value is -1.07. The first-order valence-electron chi connectivity index (χ1n) is 5.13. The van der Waals surface area contributed by atoms with Gasteiger partial charge in [0.25, 0.3) is 0 Å². The smallest absolute Gasteiger partial charge is 0.236 e. The molecule has 0 bridgehead atoms. The van der Waals surface area contributed by atoms with E-state index in [1.807, 2.05) is 32.0 Å². The number of sulfonamides is 1. The minimum absolute atomic E-state index is 0.0305. The summed E-state index contributed by atoms with van der Waals surface area (Å²) >= 11 is 0. The van der Waals surface area contributed by atoms with Crippen molar-refractivity contribution in [2.24, 2.45) is 5.73 Å². The average Bonchev–Trinajstić information content (AvgIpc) is 2.17. The molecule has 0 aromatic heterocycles. The first-order valence-corrected chi connectivity index (χ1v) is 6.74. The van der Waals surface area contributed by atoms with Gasteiger partial charge in [-0.1, -0.05) is 18.2 Å². The topological polar surface area (TPSA) is 63.4 Å². The normalized spacial score (nSPS) is 11.5. The van der Waals surface area contributed by atoms with Gasteiger partial charge in [-0.15, -0.1) is 0 Å². The van der Waals surface area contributed by atoms with Crippen LogP contribution in [0.1, 0.15) is 11.1 Å². The Kier molecular flexibility index (Phi) is 3.93. The summed E-state index contributed by atoms with van der Waals surface area (Å²) in [6, 6.07) is 5.71. The maximum absolute atomic E-state index is 11.9. The third kappa shape index (κ3) is 2.54. The average molecular weight is 242 g/mol. The predicted molar refractivity (Wildman–Crippen MR) is 67.2 cm³/mol. The monoisotopic (exact) mass is 242 g/mol. The molecule has 16 heavy (non-hydrogen) atoms. The summed E-state index contributed by atoms with van der Waals surface area (Å²) < 4.78 is 25.1. The van der Waals surface area contributed by atoms with Gasteiger partial charge in [0.15, 0.2) is 0 Å². The Labute approximate surface area is 97.1 Å². The molecule has 1 rings (SSSR count). The van der Waals surface area contributed by atoms with Gasteiger partial charge in [-0.2, -0.15) is 0 Å². The summed E-state index contributed by atoms with van der Waals surface area (Å²) in [5.41, 5.74) is 7.94. The third-order valence-corrected chi connectivity index (χ3v) is 4.32. The lowest BCUT2D eigenvalue weighted by Gasteiger charge is -2.23.